The summed E-state index contributed by atoms with van der Waals surface area (Å²) in [6.07, 6.45) is 8.55. The van der Waals surface area contributed by atoms with Crippen molar-refractivity contribution in [3.05, 3.63) is 72.2 Å². The Morgan fingerprint density at radius 1 is 1.16 bits per heavy atom. The van der Waals surface area contributed by atoms with Crippen LogP contribution in [0.15, 0.2) is 55.5 Å². The maximum Gasteiger partial charge on any atom is 0.255 e. The number of nitrogens with one attached hydrogen (secondary N) is 1. The first-order valence-corrected chi connectivity index (χ1v) is 7.82. The number of hydrogen-bond donors (Lipinski definition) is 1. The number of anilines is 1. The summed E-state index contributed by atoms with van der Waals surface area (Å²) in [5, 5.41) is 7.06. The third kappa shape index (κ3) is 2.76. The van der Waals surface area contributed by atoms with Crippen molar-refractivity contribution in [2.45, 2.75) is 13.8 Å². The summed E-state index contributed by atoms with van der Waals surface area (Å²) >= 11 is 0. The highest BCUT2D eigenvalue weighted by Crippen LogP contribution is 2.18. The third-order valence-electron chi connectivity index (χ3n) is 4.05. The Morgan fingerprint density at radius 3 is 2.80 bits per heavy atom. The van der Waals surface area contributed by atoms with Crippen molar-refractivity contribution < 1.29 is 4.79 Å². The van der Waals surface area contributed by atoms with Crippen molar-refractivity contribution in [2.75, 3.05) is 5.32 Å². The fraction of sp³-hybridized carbons (Fsp3) is 0.111. The van der Waals surface area contributed by atoms with Crippen LogP contribution in [0.2, 0.25) is 0 Å². The van der Waals surface area contributed by atoms with Crippen LogP contribution >= 0.6 is 0 Å². The van der Waals surface area contributed by atoms with Gasteiger partial charge in [-0.15, -0.1) is 0 Å². The lowest BCUT2D eigenvalue weighted by Crippen LogP contribution is -2.13. The summed E-state index contributed by atoms with van der Waals surface area (Å²) in [7, 11) is 0. The van der Waals surface area contributed by atoms with Gasteiger partial charge in [-0.05, 0) is 49.2 Å². The van der Waals surface area contributed by atoms with Gasteiger partial charge < -0.3 is 9.72 Å². The van der Waals surface area contributed by atoms with Crippen LogP contribution in [0.4, 0.5) is 5.69 Å². The number of pyridine rings is 1. The molecule has 4 aromatic rings. The molecule has 0 saturated heterocycles. The zero-order valence-corrected chi connectivity index (χ0v) is 13.8. The molecule has 0 radical (unpaired) electrons. The van der Waals surface area contributed by atoms with Gasteiger partial charge in [0.1, 0.15) is 18.3 Å². The largest absolute Gasteiger partial charge is 0.321 e. The van der Waals surface area contributed by atoms with Gasteiger partial charge in [-0.3, -0.25) is 4.79 Å². The molecule has 7 heteroatoms. The maximum atomic E-state index is 12.6. The number of nitrogens with zero attached hydrogens (tertiary/aromatic N) is 5. The molecule has 0 fully saturated rings. The van der Waals surface area contributed by atoms with Gasteiger partial charge in [-0.25, -0.2) is 14.6 Å². The highest BCUT2D eigenvalue weighted by Gasteiger charge is 2.11. The molecule has 3 aromatic heterocycles. The van der Waals surface area contributed by atoms with Gasteiger partial charge in [0.15, 0.2) is 0 Å². The summed E-state index contributed by atoms with van der Waals surface area (Å²) in [4.78, 5) is 20.8. The number of fused-ring (bicyclic) bond motifs is 1. The highest BCUT2D eigenvalue weighted by atomic mass is 16.1. The van der Waals surface area contributed by atoms with E-state index in [1.807, 2.05) is 48.8 Å². The topological polar surface area (TPSA) is 77.1 Å². The molecule has 0 bridgehead atoms. The minimum Gasteiger partial charge on any atom is -0.321 e. The Balaban J connectivity index is 1.61. The molecule has 0 saturated carbocycles. The van der Waals surface area contributed by atoms with Crippen molar-refractivity contribution in [3.8, 4) is 5.69 Å². The number of rotatable bonds is 3. The van der Waals surface area contributed by atoms with E-state index in [9.17, 15) is 4.79 Å². The van der Waals surface area contributed by atoms with E-state index in [-0.39, 0.29) is 5.91 Å². The number of benzene rings is 1. The minimum atomic E-state index is -0.160. The second kappa shape index (κ2) is 5.86. The first-order valence-electron chi connectivity index (χ1n) is 7.82. The van der Waals surface area contributed by atoms with Crippen molar-refractivity contribution >= 4 is 17.2 Å². The number of carbonyl (C=O) groups is 1. The molecule has 3 heterocycles. The first kappa shape index (κ1) is 15.1. The van der Waals surface area contributed by atoms with E-state index < -0.39 is 0 Å². The van der Waals surface area contributed by atoms with Gasteiger partial charge in [0.05, 0.1) is 11.4 Å². The number of carbonyl (C=O) groups excluding carboxylic acids is 1. The molecule has 0 aliphatic carbocycles. The van der Waals surface area contributed by atoms with Gasteiger partial charge in [-0.1, -0.05) is 0 Å². The molecule has 25 heavy (non-hydrogen) atoms. The molecular weight excluding hydrogens is 316 g/mol. The average Bonchev–Trinajstić information content (AvgIpc) is 3.26. The highest BCUT2D eigenvalue weighted by molar-refractivity contribution is 6.04. The summed E-state index contributed by atoms with van der Waals surface area (Å²) < 4.78 is 3.57. The van der Waals surface area contributed by atoms with E-state index in [0.717, 1.165) is 28.1 Å². The molecule has 1 aromatic carbocycles. The van der Waals surface area contributed by atoms with E-state index in [1.165, 1.54) is 6.33 Å². The van der Waals surface area contributed by atoms with Crippen LogP contribution in [0.3, 0.4) is 0 Å². The second-order valence-corrected chi connectivity index (χ2v) is 5.87. The van der Waals surface area contributed by atoms with Crippen LogP contribution in [0, 0.1) is 13.8 Å². The van der Waals surface area contributed by atoms with Crippen LogP contribution in [-0.4, -0.2) is 30.1 Å². The Morgan fingerprint density at radius 2 is 2.04 bits per heavy atom. The molecule has 1 amide bonds. The number of aromatic nitrogens is 5. The van der Waals surface area contributed by atoms with Gasteiger partial charge in [0.2, 0.25) is 0 Å². The van der Waals surface area contributed by atoms with Crippen LogP contribution in [0.25, 0.3) is 11.3 Å². The number of aryl methyl sites for hydroxylation is 2. The predicted molar refractivity (Wildman–Crippen MR) is 94.0 cm³/mol. The molecule has 7 nitrogen and oxygen atoms in total. The Kier molecular flexibility index (Phi) is 3.53. The van der Waals surface area contributed by atoms with Crippen LogP contribution in [0.1, 0.15) is 21.5 Å². The van der Waals surface area contributed by atoms with E-state index >= 15 is 0 Å². The molecule has 1 N–H and O–H groups in total. The average molecular weight is 332 g/mol. The zero-order valence-electron chi connectivity index (χ0n) is 13.8. The number of amides is 1. The van der Waals surface area contributed by atoms with Crippen molar-refractivity contribution in [1.82, 2.24) is 24.1 Å². The second-order valence-electron chi connectivity index (χ2n) is 5.87. The fourth-order valence-corrected chi connectivity index (χ4v) is 2.87. The van der Waals surface area contributed by atoms with Crippen molar-refractivity contribution in [2.24, 2.45) is 0 Å². The van der Waals surface area contributed by atoms with Crippen molar-refractivity contribution in [1.29, 1.82) is 0 Å². The molecule has 4 rings (SSSR count). The minimum absolute atomic E-state index is 0.160. The smallest absolute Gasteiger partial charge is 0.255 e. The lowest BCUT2D eigenvalue weighted by atomic mass is 10.1. The summed E-state index contributed by atoms with van der Waals surface area (Å²) in [5.74, 6) is -0.160. The van der Waals surface area contributed by atoms with Crippen LogP contribution < -0.4 is 5.32 Å². The van der Waals surface area contributed by atoms with Crippen LogP contribution in [-0.2, 0) is 0 Å². The first-order chi connectivity index (χ1) is 12.1. The molecule has 0 spiro atoms. The van der Waals surface area contributed by atoms with Gasteiger partial charge in [-0.2, -0.15) is 5.10 Å². The van der Waals surface area contributed by atoms with E-state index in [0.29, 0.717) is 5.56 Å². The molecule has 0 unspecified atom stereocenters. The monoisotopic (exact) mass is 332 g/mol. The van der Waals surface area contributed by atoms with Crippen molar-refractivity contribution in [3.63, 3.8) is 0 Å². The van der Waals surface area contributed by atoms with Crippen LogP contribution in [0.5, 0.6) is 0 Å². The Bertz CT molecular complexity index is 1060. The standard InChI is InChI=1S/C18H16N6O/c1-12-7-14(3-4-16(12)24-11-19-10-21-24)18(25)22-15-8-13(2)17-20-5-6-23(17)9-15/h3-11H,1-2H3,(H,22,25). The third-order valence-corrected chi connectivity index (χ3v) is 4.05. The summed E-state index contributed by atoms with van der Waals surface area (Å²) in [6.45, 7) is 3.91. The number of hydrogen-bond acceptors (Lipinski definition) is 4. The number of imidazole rings is 1. The zero-order chi connectivity index (χ0) is 17.4. The van der Waals surface area contributed by atoms with Gasteiger partial charge in [0, 0.05) is 24.2 Å². The molecule has 0 atom stereocenters. The SMILES string of the molecule is Cc1cc(C(=O)Nc2cc(C)c3nccn3c2)ccc1-n1cncn1. The molecule has 0 aliphatic heterocycles. The lowest BCUT2D eigenvalue weighted by Gasteiger charge is -2.10. The Labute approximate surface area is 144 Å². The predicted octanol–water partition coefficient (Wildman–Crippen LogP) is 2.78. The van der Waals surface area contributed by atoms with Gasteiger partial charge in [0.25, 0.3) is 5.91 Å². The summed E-state index contributed by atoms with van der Waals surface area (Å²) in [6, 6.07) is 7.40. The molecular formula is C18H16N6O. The maximum absolute atomic E-state index is 12.6. The molecule has 124 valence electrons. The van der Waals surface area contributed by atoms with E-state index in [4.69, 9.17) is 0 Å². The quantitative estimate of drug-likeness (QED) is 0.626. The Hall–Kier alpha value is -3.48. The normalized spacial score (nSPS) is 11.0. The fourth-order valence-electron chi connectivity index (χ4n) is 2.87. The van der Waals surface area contributed by atoms with Gasteiger partial charge >= 0.3 is 0 Å². The summed E-state index contributed by atoms with van der Waals surface area (Å²) in [5.41, 5.74) is 5.03. The lowest BCUT2D eigenvalue weighted by molar-refractivity contribution is 0.102. The van der Waals surface area contributed by atoms with E-state index in [2.05, 4.69) is 20.4 Å². The molecule has 0 aliphatic rings. The van der Waals surface area contributed by atoms with E-state index in [1.54, 1.807) is 23.3 Å².